The Kier molecular flexibility index (Phi) is 2.69. The Morgan fingerprint density at radius 1 is 1.60 bits per heavy atom. The van der Waals surface area contributed by atoms with Crippen LogP contribution in [0.1, 0.15) is 33.1 Å². The van der Waals surface area contributed by atoms with E-state index < -0.39 is 0 Å². The van der Waals surface area contributed by atoms with Gasteiger partial charge in [-0.2, -0.15) is 0 Å². The third-order valence-electron chi connectivity index (χ3n) is 2.13. The van der Waals surface area contributed by atoms with E-state index in [2.05, 4.69) is 13.8 Å². The lowest BCUT2D eigenvalue weighted by molar-refractivity contribution is -0.0520. The van der Waals surface area contributed by atoms with Crippen LogP contribution in [0.2, 0.25) is 0 Å². The molecule has 0 aromatic carbocycles. The highest BCUT2D eigenvalue weighted by Gasteiger charge is 2.27. The van der Waals surface area contributed by atoms with E-state index in [0.29, 0.717) is 18.2 Å². The summed E-state index contributed by atoms with van der Waals surface area (Å²) >= 11 is 0. The summed E-state index contributed by atoms with van der Waals surface area (Å²) in [5, 5.41) is 0. The monoisotopic (exact) mass is 143 g/mol. The average Bonchev–Trinajstić information content (AvgIpc) is 1.84. The SMILES string of the molecule is CCC(C)OC1CC(N)C1. The number of ether oxygens (including phenoxy) is 1. The van der Waals surface area contributed by atoms with Gasteiger partial charge in [-0.3, -0.25) is 0 Å². The minimum Gasteiger partial charge on any atom is -0.375 e. The summed E-state index contributed by atoms with van der Waals surface area (Å²) in [4.78, 5) is 0. The minimum absolute atomic E-state index is 0.411. The third kappa shape index (κ3) is 1.96. The van der Waals surface area contributed by atoms with Crippen molar-refractivity contribution in [2.75, 3.05) is 0 Å². The predicted molar refractivity (Wildman–Crippen MR) is 41.8 cm³/mol. The fourth-order valence-corrected chi connectivity index (χ4v) is 1.14. The Balaban J connectivity index is 2.04. The molecule has 2 nitrogen and oxygen atoms in total. The highest BCUT2D eigenvalue weighted by Crippen LogP contribution is 2.22. The second-order valence-corrected chi connectivity index (χ2v) is 3.21. The van der Waals surface area contributed by atoms with Crippen molar-refractivity contribution >= 4 is 0 Å². The Morgan fingerprint density at radius 2 is 2.20 bits per heavy atom. The Hall–Kier alpha value is -0.0800. The molecule has 0 aromatic rings. The molecule has 1 aliphatic rings. The molecule has 2 N–H and O–H groups in total. The largest absolute Gasteiger partial charge is 0.375 e. The second-order valence-electron chi connectivity index (χ2n) is 3.21. The molecule has 0 aliphatic heterocycles. The molecule has 1 aliphatic carbocycles. The van der Waals surface area contributed by atoms with Crippen molar-refractivity contribution in [3.05, 3.63) is 0 Å². The van der Waals surface area contributed by atoms with Crippen LogP contribution in [-0.4, -0.2) is 18.2 Å². The summed E-state index contributed by atoms with van der Waals surface area (Å²) in [7, 11) is 0. The molecule has 0 spiro atoms. The summed E-state index contributed by atoms with van der Waals surface area (Å²) in [6.45, 7) is 4.26. The Morgan fingerprint density at radius 3 is 2.60 bits per heavy atom. The molecule has 0 aromatic heterocycles. The molecule has 2 heteroatoms. The van der Waals surface area contributed by atoms with Gasteiger partial charge in [0.05, 0.1) is 12.2 Å². The van der Waals surface area contributed by atoms with Crippen molar-refractivity contribution in [3.8, 4) is 0 Å². The summed E-state index contributed by atoms with van der Waals surface area (Å²) in [5.74, 6) is 0. The first-order valence-corrected chi connectivity index (χ1v) is 4.13. The van der Waals surface area contributed by atoms with Gasteiger partial charge >= 0.3 is 0 Å². The average molecular weight is 143 g/mol. The standard InChI is InChI=1S/C8H17NO/c1-3-6(2)10-8-4-7(9)5-8/h6-8H,3-5,9H2,1-2H3. The normalized spacial score (nSPS) is 35.1. The van der Waals surface area contributed by atoms with Gasteiger partial charge < -0.3 is 10.5 Å². The quantitative estimate of drug-likeness (QED) is 0.646. The molecule has 1 rings (SSSR count). The first kappa shape index (κ1) is 8.02. The van der Waals surface area contributed by atoms with Crippen LogP contribution in [0.4, 0.5) is 0 Å². The number of rotatable bonds is 3. The lowest BCUT2D eigenvalue weighted by Crippen LogP contribution is -2.42. The highest BCUT2D eigenvalue weighted by atomic mass is 16.5. The molecule has 0 heterocycles. The van der Waals surface area contributed by atoms with Crippen LogP contribution in [0, 0.1) is 0 Å². The van der Waals surface area contributed by atoms with E-state index in [0.717, 1.165) is 19.3 Å². The maximum atomic E-state index is 5.63. The minimum atomic E-state index is 0.411. The van der Waals surface area contributed by atoms with Crippen LogP contribution in [-0.2, 0) is 4.74 Å². The van der Waals surface area contributed by atoms with E-state index in [1.807, 2.05) is 0 Å². The zero-order valence-electron chi connectivity index (χ0n) is 6.84. The van der Waals surface area contributed by atoms with Gasteiger partial charge in [0, 0.05) is 6.04 Å². The molecular formula is C8H17NO. The van der Waals surface area contributed by atoms with Crippen molar-refractivity contribution in [1.29, 1.82) is 0 Å². The molecule has 1 unspecified atom stereocenters. The zero-order chi connectivity index (χ0) is 7.56. The van der Waals surface area contributed by atoms with E-state index in [4.69, 9.17) is 10.5 Å². The van der Waals surface area contributed by atoms with Crippen LogP contribution in [0.5, 0.6) is 0 Å². The van der Waals surface area contributed by atoms with Crippen molar-refractivity contribution < 1.29 is 4.74 Å². The number of hydrogen-bond acceptors (Lipinski definition) is 2. The lowest BCUT2D eigenvalue weighted by atomic mass is 9.90. The molecule has 0 bridgehead atoms. The van der Waals surface area contributed by atoms with Crippen molar-refractivity contribution in [1.82, 2.24) is 0 Å². The smallest absolute Gasteiger partial charge is 0.0608 e. The Labute approximate surface area is 62.7 Å². The second kappa shape index (κ2) is 3.35. The van der Waals surface area contributed by atoms with E-state index in [-0.39, 0.29) is 0 Å². The van der Waals surface area contributed by atoms with Crippen LogP contribution < -0.4 is 5.73 Å². The third-order valence-corrected chi connectivity index (χ3v) is 2.13. The lowest BCUT2D eigenvalue weighted by Gasteiger charge is -2.34. The van der Waals surface area contributed by atoms with E-state index >= 15 is 0 Å². The van der Waals surface area contributed by atoms with Crippen molar-refractivity contribution in [3.63, 3.8) is 0 Å². The summed E-state index contributed by atoms with van der Waals surface area (Å²) < 4.78 is 5.63. The maximum Gasteiger partial charge on any atom is 0.0608 e. The van der Waals surface area contributed by atoms with Crippen LogP contribution in [0.15, 0.2) is 0 Å². The van der Waals surface area contributed by atoms with Crippen LogP contribution in [0.3, 0.4) is 0 Å². The molecule has 60 valence electrons. The highest BCUT2D eigenvalue weighted by molar-refractivity contribution is 4.83. The first-order valence-electron chi connectivity index (χ1n) is 4.13. The van der Waals surface area contributed by atoms with Crippen LogP contribution in [0.25, 0.3) is 0 Å². The maximum absolute atomic E-state index is 5.63. The molecular weight excluding hydrogens is 126 g/mol. The van der Waals surface area contributed by atoms with Gasteiger partial charge in [0.1, 0.15) is 0 Å². The summed E-state index contributed by atoms with van der Waals surface area (Å²) in [6.07, 6.45) is 4.10. The van der Waals surface area contributed by atoms with Gasteiger partial charge in [-0.25, -0.2) is 0 Å². The number of hydrogen-bond donors (Lipinski definition) is 1. The van der Waals surface area contributed by atoms with E-state index in [1.165, 1.54) is 0 Å². The zero-order valence-corrected chi connectivity index (χ0v) is 6.84. The molecule has 0 amide bonds. The van der Waals surface area contributed by atoms with Crippen molar-refractivity contribution in [2.45, 2.75) is 51.4 Å². The van der Waals surface area contributed by atoms with Gasteiger partial charge in [-0.15, -0.1) is 0 Å². The summed E-state index contributed by atoms with van der Waals surface area (Å²) in [6, 6.07) is 0.411. The molecule has 1 atom stereocenters. The van der Waals surface area contributed by atoms with Gasteiger partial charge in [-0.1, -0.05) is 6.92 Å². The van der Waals surface area contributed by atoms with Gasteiger partial charge in [0.15, 0.2) is 0 Å². The van der Waals surface area contributed by atoms with Crippen molar-refractivity contribution in [2.24, 2.45) is 5.73 Å². The van der Waals surface area contributed by atoms with Crippen LogP contribution >= 0.6 is 0 Å². The number of nitrogens with two attached hydrogens (primary N) is 1. The van der Waals surface area contributed by atoms with Gasteiger partial charge in [-0.05, 0) is 26.2 Å². The topological polar surface area (TPSA) is 35.2 Å². The van der Waals surface area contributed by atoms with Gasteiger partial charge in [0.25, 0.3) is 0 Å². The molecule has 1 fully saturated rings. The van der Waals surface area contributed by atoms with E-state index in [9.17, 15) is 0 Å². The van der Waals surface area contributed by atoms with E-state index in [1.54, 1.807) is 0 Å². The fourth-order valence-electron chi connectivity index (χ4n) is 1.14. The molecule has 10 heavy (non-hydrogen) atoms. The predicted octanol–water partition coefficient (Wildman–Crippen LogP) is 1.29. The van der Waals surface area contributed by atoms with Gasteiger partial charge in [0.2, 0.25) is 0 Å². The molecule has 0 radical (unpaired) electrons. The first-order chi connectivity index (χ1) is 4.72. The molecule has 1 saturated carbocycles. The Bertz CT molecular complexity index is 99.4. The fraction of sp³-hybridized carbons (Fsp3) is 1.00. The molecule has 0 saturated heterocycles. The summed E-state index contributed by atoms with van der Waals surface area (Å²) in [5.41, 5.74) is 5.61.